The summed E-state index contributed by atoms with van der Waals surface area (Å²) < 4.78 is 0. The second kappa shape index (κ2) is 4.35. The number of nitrogens with zero attached hydrogens (tertiary/aromatic N) is 2. The number of rotatable bonds is 1. The van der Waals surface area contributed by atoms with Crippen molar-refractivity contribution >= 4 is 11.6 Å². The Balaban J connectivity index is 2.00. The lowest BCUT2D eigenvalue weighted by Crippen LogP contribution is -2.33. The van der Waals surface area contributed by atoms with Crippen LogP contribution < -0.4 is 10.5 Å². The van der Waals surface area contributed by atoms with Crippen molar-refractivity contribution in [3.63, 3.8) is 0 Å². The Hall–Kier alpha value is -2.43. The second-order valence-electron chi connectivity index (χ2n) is 4.55. The van der Waals surface area contributed by atoms with Crippen LogP contribution in [0.15, 0.2) is 35.3 Å². The number of anilines is 1. The number of hydrogen-bond acceptors (Lipinski definition) is 3. The van der Waals surface area contributed by atoms with Crippen LogP contribution in [0.3, 0.4) is 0 Å². The maximum atomic E-state index is 12.4. The highest BCUT2D eigenvalue weighted by Gasteiger charge is 2.26. The standard InChI is InChI=1S/C14H13N3O2/c1-9-15-8-11(13(18)16-9)14(19)17-7-6-10-4-2-3-5-12(10)17/h2-5,8H,6-7H2,1H3,(H,15,16,18). The van der Waals surface area contributed by atoms with Gasteiger partial charge in [0.25, 0.3) is 11.5 Å². The summed E-state index contributed by atoms with van der Waals surface area (Å²) in [7, 11) is 0. The number of para-hydroxylation sites is 1. The topological polar surface area (TPSA) is 66.1 Å². The first-order chi connectivity index (χ1) is 9.16. The Labute approximate surface area is 109 Å². The van der Waals surface area contributed by atoms with Gasteiger partial charge in [0, 0.05) is 18.4 Å². The van der Waals surface area contributed by atoms with Gasteiger partial charge in [-0.05, 0) is 25.0 Å². The summed E-state index contributed by atoms with van der Waals surface area (Å²) in [5, 5.41) is 0. The first kappa shape index (κ1) is 11.6. The van der Waals surface area contributed by atoms with E-state index in [1.807, 2.05) is 24.3 Å². The minimum Gasteiger partial charge on any atom is -0.310 e. The van der Waals surface area contributed by atoms with Gasteiger partial charge >= 0.3 is 0 Å². The van der Waals surface area contributed by atoms with Crippen LogP contribution >= 0.6 is 0 Å². The zero-order valence-corrected chi connectivity index (χ0v) is 10.5. The van der Waals surface area contributed by atoms with Crippen molar-refractivity contribution in [1.82, 2.24) is 9.97 Å². The molecule has 1 aromatic heterocycles. The summed E-state index contributed by atoms with van der Waals surface area (Å²) in [5.74, 6) is 0.210. The molecule has 96 valence electrons. The molecule has 1 N–H and O–H groups in total. The molecule has 0 atom stereocenters. The van der Waals surface area contributed by atoms with Gasteiger partial charge in [0.1, 0.15) is 11.4 Å². The minimum absolute atomic E-state index is 0.0855. The Morgan fingerprint density at radius 2 is 2.16 bits per heavy atom. The first-order valence-corrected chi connectivity index (χ1v) is 6.12. The highest BCUT2D eigenvalue weighted by atomic mass is 16.2. The molecule has 0 spiro atoms. The second-order valence-corrected chi connectivity index (χ2v) is 4.55. The van der Waals surface area contributed by atoms with Crippen molar-refractivity contribution in [3.05, 3.63) is 57.8 Å². The average Bonchev–Trinajstić information content (AvgIpc) is 2.82. The fourth-order valence-corrected chi connectivity index (χ4v) is 2.33. The monoisotopic (exact) mass is 255 g/mol. The molecule has 19 heavy (non-hydrogen) atoms. The molecule has 0 saturated carbocycles. The third-order valence-corrected chi connectivity index (χ3v) is 3.29. The van der Waals surface area contributed by atoms with E-state index in [4.69, 9.17) is 0 Å². The van der Waals surface area contributed by atoms with Crippen LogP contribution in [-0.2, 0) is 6.42 Å². The molecule has 2 heterocycles. The van der Waals surface area contributed by atoms with Crippen LogP contribution in [-0.4, -0.2) is 22.4 Å². The van der Waals surface area contributed by atoms with E-state index in [9.17, 15) is 9.59 Å². The number of carbonyl (C=O) groups is 1. The van der Waals surface area contributed by atoms with Gasteiger partial charge in [-0.2, -0.15) is 0 Å². The van der Waals surface area contributed by atoms with E-state index in [0.29, 0.717) is 12.4 Å². The minimum atomic E-state index is -0.387. The lowest BCUT2D eigenvalue weighted by Gasteiger charge is -2.16. The number of H-pyrrole nitrogens is 1. The van der Waals surface area contributed by atoms with Crippen LogP contribution in [0.4, 0.5) is 5.69 Å². The van der Waals surface area contributed by atoms with Crippen LogP contribution in [0.25, 0.3) is 0 Å². The van der Waals surface area contributed by atoms with E-state index in [-0.39, 0.29) is 17.0 Å². The zero-order chi connectivity index (χ0) is 13.4. The molecular weight excluding hydrogens is 242 g/mol. The molecule has 0 fully saturated rings. The Bertz CT molecular complexity index is 706. The number of aryl methyl sites for hydroxylation is 1. The average molecular weight is 255 g/mol. The quantitative estimate of drug-likeness (QED) is 0.834. The lowest BCUT2D eigenvalue weighted by molar-refractivity contribution is 0.0987. The van der Waals surface area contributed by atoms with Gasteiger partial charge < -0.3 is 9.88 Å². The van der Waals surface area contributed by atoms with Crippen molar-refractivity contribution < 1.29 is 4.79 Å². The summed E-state index contributed by atoms with van der Waals surface area (Å²) in [6.07, 6.45) is 2.16. The van der Waals surface area contributed by atoms with Crippen molar-refractivity contribution in [3.8, 4) is 0 Å². The van der Waals surface area contributed by atoms with E-state index >= 15 is 0 Å². The van der Waals surface area contributed by atoms with Gasteiger partial charge in [-0.1, -0.05) is 18.2 Å². The molecule has 0 saturated heterocycles. The third kappa shape index (κ3) is 1.93. The van der Waals surface area contributed by atoms with Crippen LogP contribution in [0.2, 0.25) is 0 Å². The molecule has 1 aliphatic heterocycles. The molecule has 0 unspecified atom stereocenters. The Morgan fingerprint density at radius 3 is 2.95 bits per heavy atom. The predicted molar refractivity (Wildman–Crippen MR) is 71.4 cm³/mol. The maximum Gasteiger partial charge on any atom is 0.265 e. The summed E-state index contributed by atoms with van der Waals surface area (Å²) in [4.78, 5) is 32.4. The van der Waals surface area contributed by atoms with Gasteiger partial charge in [-0.3, -0.25) is 9.59 Å². The summed E-state index contributed by atoms with van der Waals surface area (Å²) >= 11 is 0. The summed E-state index contributed by atoms with van der Waals surface area (Å²) in [6.45, 7) is 2.28. The zero-order valence-electron chi connectivity index (χ0n) is 10.5. The van der Waals surface area contributed by atoms with Gasteiger partial charge in [0.05, 0.1) is 0 Å². The third-order valence-electron chi connectivity index (χ3n) is 3.29. The number of fused-ring (bicyclic) bond motifs is 1. The van der Waals surface area contributed by atoms with Crippen LogP contribution in [0, 0.1) is 6.92 Å². The Morgan fingerprint density at radius 1 is 1.37 bits per heavy atom. The highest BCUT2D eigenvalue weighted by molar-refractivity contribution is 6.06. The first-order valence-electron chi connectivity index (χ1n) is 6.12. The summed E-state index contributed by atoms with van der Waals surface area (Å²) in [6, 6.07) is 7.74. The molecule has 0 bridgehead atoms. The number of benzene rings is 1. The summed E-state index contributed by atoms with van der Waals surface area (Å²) in [5.41, 5.74) is 1.71. The highest BCUT2D eigenvalue weighted by Crippen LogP contribution is 2.28. The largest absolute Gasteiger partial charge is 0.310 e. The fraction of sp³-hybridized carbons (Fsp3) is 0.214. The number of nitrogens with one attached hydrogen (secondary N) is 1. The number of amides is 1. The van der Waals surface area contributed by atoms with Crippen molar-refractivity contribution in [2.75, 3.05) is 11.4 Å². The van der Waals surface area contributed by atoms with Crippen molar-refractivity contribution in [1.29, 1.82) is 0 Å². The molecule has 3 rings (SSSR count). The SMILES string of the molecule is Cc1ncc(C(=O)N2CCc3ccccc32)c(=O)[nH]1. The molecule has 0 aliphatic carbocycles. The van der Waals surface area contributed by atoms with Gasteiger partial charge in [-0.15, -0.1) is 0 Å². The number of aromatic nitrogens is 2. The van der Waals surface area contributed by atoms with Crippen molar-refractivity contribution in [2.45, 2.75) is 13.3 Å². The molecule has 1 aromatic carbocycles. The number of aromatic amines is 1. The molecular formula is C14H13N3O2. The molecule has 1 amide bonds. The van der Waals surface area contributed by atoms with Gasteiger partial charge in [0.2, 0.25) is 0 Å². The van der Waals surface area contributed by atoms with E-state index in [1.165, 1.54) is 6.20 Å². The Kier molecular flexibility index (Phi) is 2.67. The predicted octanol–water partition coefficient (Wildman–Crippen LogP) is 1.28. The number of hydrogen-bond donors (Lipinski definition) is 1. The van der Waals surface area contributed by atoms with Crippen molar-refractivity contribution in [2.24, 2.45) is 0 Å². The van der Waals surface area contributed by atoms with Crippen LogP contribution in [0.5, 0.6) is 0 Å². The fourth-order valence-electron chi connectivity index (χ4n) is 2.33. The maximum absolute atomic E-state index is 12.4. The normalized spacial score (nSPS) is 13.4. The number of carbonyl (C=O) groups excluding carboxylic acids is 1. The van der Waals surface area contributed by atoms with Gasteiger partial charge in [-0.25, -0.2) is 4.98 Å². The molecule has 0 radical (unpaired) electrons. The van der Waals surface area contributed by atoms with E-state index < -0.39 is 0 Å². The smallest absolute Gasteiger partial charge is 0.265 e. The van der Waals surface area contributed by atoms with E-state index in [2.05, 4.69) is 9.97 Å². The molecule has 2 aromatic rings. The van der Waals surface area contributed by atoms with Crippen LogP contribution in [0.1, 0.15) is 21.7 Å². The van der Waals surface area contributed by atoms with Gasteiger partial charge in [0.15, 0.2) is 0 Å². The van der Waals surface area contributed by atoms with E-state index in [0.717, 1.165) is 17.7 Å². The molecule has 1 aliphatic rings. The molecule has 5 nitrogen and oxygen atoms in total. The molecule has 5 heteroatoms. The lowest BCUT2D eigenvalue weighted by atomic mass is 10.2. The van der Waals surface area contributed by atoms with E-state index in [1.54, 1.807) is 11.8 Å².